The minimum Gasteiger partial charge on any atom is -0.267 e. The van der Waals surface area contributed by atoms with Gasteiger partial charge in [0.1, 0.15) is 5.71 Å². The molecule has 0 saturated carbocycles. The molecular formula is C20H19ClN2O2. The molecule has 0 aromatic heterocycles. The summed E-state index contributed by atoms with van der Waals surface area (Å²) in [5.41, 5.74) is 2.91. The van der Waals surface area contributed by atoms with E-state index in [0.717, 1.165) is 10.5 Å². The molecule has 0 fully saturated rings. The monoisotopic (exact) mass is 354 g/mol. The molecule has 5 heteroatoms. The maximum atomic E-state index is 12.6. The predicted octanol–water partition coefficient (Wildman–Crippen LogP) is 4.79. The highest BCUT2D eigenvalue weighted by Crippen LogP contribution is 2.25. The van der Waals surface area contributed by atoms with Gasteiger partial charge in [-0.25, -0.2) is 9.69 Å². The maximum absolute atomic E-state index is 12.6. The number of anilines is 1. The van der Waals surface area contributed by atoms with Gasteiger partial charge in [0.25, 0.3) is 5.91 Å². The van der Waals surface area contributed by atoms with Crippen LogP contribution in [-0.4, -0.2) is 17.6 Å². The average Bonchev–Trinajstić information content (AvgIpc) is 2.81. The van der Waals surface area contributed by atoms with Gasteiger partial charge in [-0.05, 0) is 34.7 Å². The summed E-state index contributed by atoms with van der Waals surface area (Å²) in [5, 5.41) is 0.462. The molecule has 1 aliphatic heterocycles. The Bertz CT molecular complexity index is 864. The second-order valence-electron chi connectivity index (χ2n) is 7.09. The molecule has 0 spiro atoms. The summed E-state index contributed by atoms with van der Waals surface area (Å²) in [6.45, 7) is 6.44. The normalized spacial score (nSPS) is 14.9. The number of carbonyl (C=O) groups excluding carboxylic acids is 2. The van der Waals surface area contributed by atoms with E-state index in [4.69, 9.17) is 11.6 Å². The van der Waals surface area contributed by atoms with E-state index in [-0.39, 0.29) is 11.1 Å². The number of rotatable bonds is 3. The first-order chi connectivity index (χ1) is 11.8. The number of nitrogens with zero attached hydrogens (tertiary/aromatic N) is 2. The van der Waals surface area contributed by atoms with Gasteiger partial charge in [0.2, 0.25) is 0 Å². The number of urea groups is 1. The van der Waals surface area contributed by atoms with Crippen LogP contribution in [0.3, 0.4) is 0 Å². The standard InChI is InChI=1S/C20H19ClN2O2/c1-20(2,3)14-9-7-13(8-10-14)11-17-18(24)23(19(25)22-17)16-6-4-5-15(21)12-16/h4-10,12H,11H2,1-3H3. The van der Waals surface area contributed by atoms with Crippen molar-refractivity contribution in [1.82, 2.24) is 0 Å². The zero-order chi connectivity index (χ0) is 18.2. The average molecular weight is 355 g/mol. The first-order valence-electron chi connectivity index (χ1n) is 8.07. The van der Waals surface area contributed by atoms with Crippen LogP contribution in [0, 0.1) is 0 Å². The van der Waals surface area contributed by atoms with Crippen LogP contribution in [0.5, 0.6) is 0 Å². The number of hydrogen-bond donors (Lipinski definition) is 0. The number of hydrogen-bond acceptors (Lipinski definition) is 2. The fraction of sp³-hybridized carbons (Fsp3) is 0.250. The molecule has 0 N–H and O–H groups in total. The summed E-state index contributed by atoms with van der Waals surface area (Å²) in [6.07, 6.45) is 0.325. The van der Waals surface area contributed by atoms with Crippen molar-refractivity contribution in [2.24, 2.45) is 4.99 Å². The van der Waals surface area contributed by atoms with Gasteiger partial charge in [-0.3, -0.25) is 4.79 Å². The zero-order valence-corrected chi connectivity index (χ0v) is 15.2. The van der Waals surface area contributed by atoms with Crippen LogP contribution in [0.15, 0.2) is 53.5 Å². The second-order valence-corrected chi connectivity index (χ2v) is 7.52. The van der Waals surface area contributed by atoms with Crippen LogP contribution in [0.25, 0.3) is 0 Å². The van der Waals surface area contributed by atoms with Gasteiger partial charge < -0.3 is 0 Å². The van der Waals surface area contributed by atoms with Gasteiger partial charge in [0.15, 0.2) is 0 Å². The number of carbonyl (C=O) groups is 2. The van der Waals surface area contributed by atoms with Crippen LogP contribution >= 0.6 is 11.6 Å². The predicted molar refractivity (Wildman–Crippen MR) is 101 cm³/mol. The van der Waals surface area contributed by atoms with Crippen molar-refractivity contribution in [3.8, 4) is 0 Å². The molecule has 0 saturated heterocycles. The van der Waals surface area contributed by atoms with Gasteiger partial charge in [-0.15, -0.1) is 0 Å². The van der Waals surface area contributed by atoms with Gasteiger partial charge >= 0.3 is 6.03 Å². The highest BCUT2D eigenvalue weighted by molar-refractivity contribution is 6.54. The van der Waals surface area contributed by atoms with Gasteiger partial charge in [0.05, 0.1) is 5.69 Å². The fourth-order valence-electron chi connectivity index (χ4n) is 2.70. The van der Waals surface area contributed by atoms with E-state index < -0.39 is 11.9 Å². The number of halogens is 1. The van der Waals surface area contributed by atoms with Crippen LogP contribution in [0.1, 0.15) is 31.9 Å². The van der Waals surface area contributed by atoms with Crippen LogP contribution in [-0.2, 0) is 16.6 Å². The van der Waals surface area contributed by atoms with Crippen molar-refractivity contribution in [1.29, 1.82) is 0 Å². The molecular weight excluding hydrogens is 336 g/mol. The van der Waals surface area contributed by atoms with Crippen molar-refractivity contribution in [2.45, 2.75) is 32.6 Å². The van der Waals surface area contributed by atoms with Crippen molar-refractivity contribution in [3.63, 3.8) is 0 Å². The Kier molecular flexibility index (Phi) is 4.48. The summed E-state index contributed by atoms with van der Waals surface area (Å²) < 4.78 is 0. The van der Waals surface area contributed by atoms with Crippen molar-refractivity contribution in [3.05, 3.63) is 64.7 Å². The molecule has 1 aliphatic rings. The lowest BCUT2D eigenvalue weighted by Crippen LogP contribution is -2.33. The first-order valence-corrected chi connectivity index (χ1v) is 8.44. The number of benzene rings is 2. The molecule has 0 atom stereocenters. The van der Waals surface area contributed by atoms with E-state index >= 15 is 0 Å². The lowest BCUT2D eigenvalue weighted by Gasteiger charge is -2.19. The molecule has 4 nitrogen and oxygen atoms in total. The van der Waals surface area contributed by atoms with Crippen LogP contribution in [0.4, 0.5) is 10.5 Å². The third-order valence-electron chi connectivity index (χ3n) is 4.13. The minimum absolute atomic E-state index is 0.0680. The number of imide groups is 1. The Morgan fingerprint density at radius 1 is 1.04 bits per heavy atom. The molecule has 0 aliphatic carbocycles. The largest absolute Gasteiger partial charge is 0.355 e. The molecule has 1 heterocycles. The molecule has 0 unspecified atom stereocenters. The lowest BCUT2D eigenvalue weighted by atomic mass is 9.86. The van der Waals surface area contributed by atoms with Crippen LogP contribution in [0.2, 0.25) is 5.02 Å². The highest BCUT2D eigenvalue weighted by Gasteiger charge is 2.34. The second kappa shape index (κ2) is 6.45. The summed E-state index contributed by atoms with van der Waals surface area (Å²) in [7, 11) is 0. The highest BCUT2D eigenvalue weighted by atomic mass is 35.5. The molecule has 2 aromatic rings. The Labute approximate surface area is 152 Å². The fourth-order valence-corrected chi connectivity index (χ4v) is 2.89. The van der Waals surface area contributed by atoms with Crippen molar-refractivity contribution in [2.75, 3.05) is 4.90 Å². The minimum atomic E-state index is -0.575. The van der Waals surface area contributed by atoms with Crippen molar-refractivity contribution >= 4 is 34.9 Å². The number of aliphatic imine (C=N–C) groups is 1. The topological polar surface area (TPSA) is 49.7 Å². The molecule has 3 amide bonds. The summed E-state index contributed by atoms with van der Waals surface area (Å²) in [4.78, 5) is 29.7. The molecule has 128 valence electrons. The third-order valence-corrected chi connectivity index (χ3v) is 4.36. The Morgan fingerprint density at radius 2 is 1.72 bits per heavy atom. The third kappa shape index (κ3) is 3.64. The Morgan fingerprint density at radius 3 is 2.32 bits per heavy atom. The molecule has 25 heavy (non-hydrogen) atoms. The summed E-state index contributed by atoms with van der Waals surface area (Å²) >= 11 is 5.95. The summed E-state index contributed by atoms with van der Waals surface area (Å²) in [6, 6.07) is 14.1. The SMILES string of the molecule is CC(C)(C)c1ccc(CC2=NC(=O)N(c3cccc(Cl)c3)C2=O)cc1. The molecule has 3 rings (SSSR count). The van der Waals surface area contributed by atoms with Gasteiger partial charge in [-0.2, -0.15) is 4.99 Å². The Hall–Kier alpha value is -2.46. The summed E-state index contributed by atoms with van der Waals surface area (Å²) in [5.74, 6) is -0.396. The molecule has 2 aromatic carbocycles. The Balaban J connectivity index is 1.79. The van der Waals surface area contributed by atoms with Gasteiger partial charge in [0, 0.05) is 11.4 Å². The molecule has 0 bridgehead atoms. The first kappa shape index (κ1) is 17.4. The zero-order valence-electron chi connectivity index (χ0n) is 14.4. The van der Waals surface area contributed by atoms with Gasteiger partial charge in [-0.1, -0.05) is 62.7 Å². The van der Waals surface area contributed by atoms with E-state index in [0.29, 0.717) is 17.1 Å². The van der Waals surface area contributed by atoms with E-state index in [1.54, 1.807) is 24.3 Å². The molecule has 0 radical (unpaired) electrons. The van der Waals surface area contributed by atoms with E-state index in [1.165, 1.54) is 5.56 Å². The number of amides is 3. The quantitative estimate of drug-likeness (QED) is 0.795. The lowest BCUT2D eigenvalue weighted by molar-refractivity contribution is -0.111. The van der Waals surface area contributed by atoms with E-state index in [1.807, 2.05) is 24.3 Å². The van der Waals surface area contributed by atoms with Crippen LogP contribution < -0.4 is 4.90 Å². The van der Waals surface area contributed by atoms with E-state index in [9.17, 15) is 9.59 Å². The van der Waals surface area contributed by atoms with Crippen molar-refractivity contribution < 1.29 is 9.59 Å². The van der Waals surface area contributed by atoms with E-state index in [2.05, 4.69) is 25.8 Å². The maximum Gasteiger partial charge on any atom is 0.355 e. The smallest absolute Gasteiger partial charge is 0.267 e.